The summed E-state index contributed by atoms with van der Waals surface area (Å²) in [5, 5.41) is 0.643. The zero-order valence-corrected chi connectivity index (χ0v) is 12.7. The summed E-state index contributed by atoms with van der Waals surface area (Å²) < 4.78 is 11.4. The summed E-state index contributed by atoms with van der Waals surface area (Å²) in [5.74, 6) is 2.05. The largest absolute Gasteiger partial charge is 0.486 e. The van der Waals surface area contributed by atoms with Gasteiger partial charge in [0.15, 0.2) is 11.5 Å². The number of likely N-dealkylation sites (tertiary alicyclic amines) is 1. The quantitative estimate of drug-likeness (QED) is 0.910. The van der Waals surface area contributed by atoms with Gasteiger partial charge in [0, 0.05) is 12.6 Å². The highest BCUT2D eigenvalue weighted by molar-refractivity contribution is 6.32. The van der Waals surface area contributed by atoms with Crippen LogP contribution in [0.3, 0.4) is 0 Å². The molecule has 2 heterocycles. The van der Waals surface area contributed by atoms with Crippen LogP contribution in [0.25, 0.3) is 0 Å². The number of benzene rings is 1. The fourth-order valence-corrected chi connectivity index (χ4v) is 3.56. The molecule has 0 saturated carbocycles. The summed E-state index contributed by atoms with van der Waals surface area (Å²) in [5.41, 5.74) is 8.19. The molecule has 1 aromatic rings. The van der Waals surface area contributed by atoms with Crippen LogP contribution in [0.2, 0.25) is 5.02 Å². The Morgan fingerprint density at radius 2 is 2.05 bits per heavy atom. The number of hydrogen-bond donors (Lipinski definition) is 1. The second-order valence-electron chi connectivity index (χ2n) is 5.72. The number of ether oxygens (including phenoxy) is 2. The van der Waals surface area contributed by atoms with E-state index >= 15 is 0 Å². The second-order valence-corrected chi connectivity index (χ2v) is 6.13. The van der Waals surface area contributed by atoms with Crippen LogP contribution >= 0.6 is 11.6 Å². The van der Waals surface area contributed by atoms with Crippen molar-refractivity contribution in [3.05, 3.63) is 22.2 Å². The molecule has 1 saturated heterocycles. The van der Waals surface area contributed by atoms with Gasteiger partial charge in [-0.25, -0.2) is 0 Å². The molecule has 0 aromatic heterocycles. The van der Waals surface area contributed by atoms with Crippen LogP contribution in [-0.4, -0.2) is 38.3 Å². The lowest BCUT2D eigenvalue weighted by Gasteiger charge is -2.27. The smallest absolute Gasteiger partial charge is 0.180 e. The fraction of sp³-hybridized carbons (Fsp3) is 0.600. The Balaban J connectivity index is 2.00. The van der Waals surface area contributed by atoms with Crippen molar-refractivity contribution in [1.29, 1.82) is 0 Å². The molecule has 0 radical (unpaired) electrons. The minimum atomic E-state index is 0.358. The first-order valence-corrected chi connectivity index (χ1v) is 7.48. The van der Waals surface area contributed by atoms with E-state index in [1.165, 1.54) is 5.56 Å². The third-order valence-electron chi connectivity index (χ3n) is 4.38. The van der Waals surface area contributed by atoms with Gasteiger partial charge in [0.25, 0.3) is 0 Å². The maximum atomic E-state index is 6.37. The SMILES string of the molecule is Cc1c(C2CC(CN)CN2C)cc(Cl)c2c1OCCO2. The predicted octanol–water partition coefficient (Wildman–Crippen LogP) is 2.37. The van der Waals surface area contributed by atoms with E-state index in [1.807, 2.05) is 6.07 Å². The molecule has 1 fully saturated rings. The predicted molar refractivity (Wildman–Crippen MR) is 79.7 cm³/mol. The third-order valence-corrected chi connectivity index (χ3v) is 4.66. The fourth-order valence-electron chi connectivity index (χ4n) is 3.30. The van der Waals surface area contributed by atoms with E-state index in [4.69, 9.17) is 26.8 Å². The van der Waals surface area contributed by atoms with Crippen molar-refractivity contribution < 1.29 is 9.47 Å². The lowest BCUT2D eigenvalue weighted by molar-refractivity contribution is 0.170. The Morgan fingerprint density at radius 1 is 1.35 bits per heavy atom. The summed E-state index contributed by atoms with van der Waals surface area (Å²) in [6, 6.07) is 2.39. The van der Waals surface area contributed by atoms with Gasteiger partial charge in [0.05, 0.1) is 5.02 Å². The molecule has 2 N–H and O–H groups in total. The summed E-state index contributed by atoms with van der Waals surface area (Å²) in [4.78, 5) is 2.35. The molecule has 1 aromatic carbocycles. The lowest BCUT2D eigenvalue weighted by Crippen LogP contribution is -2.22. The van der Waals surface area contributed by atoms with Gasteiger partial charge >= 0.3 is 0 Å². The van der Waals surface area contributed by atoms with Gasteiger partial charge in [-0.05, 0) is 50.0 Å². The highest BCUT2D eigenvalue weighted by Crippen LogP contribution is 2.46. The van der Waals surface area contributed by atoms with E-state index in [1.54, 1.807) is 0 Å². The van der Waals surface area contributed by atoms with Gasteiger partial charge in [-0.2, -0.15) is 0 Å². The van der Waals surface area contributed by atoms with Crippen molar-refractivity contribution in [1.82, 2.24) is 4.90 Å². The van der Waals surface area contributed by atoms with Crippen LogP contribution in [0.15, 0.2) is 6.07 Å². The molecule has 110 valence electrons. The van der Waals surface area contributed by atoms with E-state index in [-0.39, 0.29) is 0 Å². The average molecular weight is 297 g/mol. The summed E-state index contributed by atoms with van der Waals surface area (Å²) in [6.07, 6.45) is 1.07. The second kappa shape index (κ2) is 5.43. The van der Waals surface area contributed by atoms with Gasteiger partial charge in [0.2, 0.25) is 0 Å². The van der Waals surface area contributed by atoms with E-state index in [0.29, 0.717) is 35.9 Å². The van der Waals surface area contributed by atoms with Crippen LogP contribution in [0.4, 0.5) is 0 Å². The molecule has 2 unspecified atom stereocenters. The molecule has 2 aliphatic heterocycles. The van der Waals surface area contributed by atoms with E-state index < -0.39 is 0 Å². The zero-order chi connectivity index (χ0) is 14.3. The van der Waals surface area contributed by atoms with Crippen molar-refractivity contribution in [2.24, 2.45) is 11.7 Å². The van der Waals surface area contributed by atoms with Crippen molar-refractivity contribution >= 4 is 11.6 Å². The lowest BCUT2D eigenvalue weighted by atomic mass is 9.95. The van der Waals surface area contributed by atoms with Crippen molar-refractivity contribution in [2.45, 2.75) is 19.4 Å². The first kappa shape index (κ1) is 14.0. The molecule has 0 bridgehead atoms. The zero-order valence-electron chi connectivity index (χ0n) is 12.0. The van der Waals surface area contributed by atoms with Gasteiger partial charge in [-0.1, -0.05) is 11.6 Å². The Morgan fingerprint density at radius 3 is 2.70 bits per heavy atom. The monoisotopic (exact) mass is 296 g/mol. The molecule has 4 nitrogen and oxygen atoms in total. The van der Waals surface area contributed by atoms with E-state index in [9.17, 15) is 0 Å². The van der Waals surface area contributed by atoms with Gasteiger partial charge in [-0.15, -0.1) is 0 Å². The highest BCUT2D eigenvalue weighted by atomic mass is 35.5. The normalized spacial score (nSPS) is 26.0. The van der Waals surface area contributed by atoms with Crippen molar-refractivity contribution in [3.8, 4) is 11.5 Å². The first-order valence-electron chi connectivity index (χ1n) is 7.10. The number of rotatable bonds is 2. The van der Waals surface area contributed by atoms with Gasteiger partial charge in [-0.3, -0.25) is 4.90 Å². The molecular formula is C15H21ClN2O2. The van der Waals surface area contributed by atoms with Gasteiger partial charge in [0.1, 0.15) is 13.2 Å². The first-order chi connectivity index (χ1) is 9.61. The number of nitrogens with zero attached hydrogens (tertiary/aromatic N) is 1. The van der Waals surface area contributed by atoms with Crippen LogP contribution < -0.4 is 15.2 Å². The molecule has 0 amide bonds. The Kier molecular flexibility index (Phi) is 3.80. The van der Waals surface area contributed by atoms with Crippen molar-refractivity contribution in [3.63, 3.8) is 0 Å². The Hall–Kier alpha value is -0.970. The molecule has 3 rings (SSSR count). The molecule has 5 heteroatoms. The minimum absolute atomic E-state index is 0.358. The van der Waals surface area contributed by atoms with E-state index in [0.717, 1.165) is 30.8 Å². The molecule has 20 heavy (non-hydrogen) atoms. The molecule has 0 aliphatic carbocycles. The summed E-state index contributed by atoms with van der Waals surface area (Å²) in [6.45, 7) is 5.00. The number of hydrogen-bond acceptors (Lipinski definition) is 4. The van der Waals surface area contributed by atoms with E-state index in [2.05, 4.69) is 18.9 Å². The molecule has 2 aliphatic rings. The van der Waals surface area contributed by atoms with Gasteiger partial charge < -0.3 is 15.2 Å². The topological polar surface area (TPSA) is 47.7 Å². The average Bonchev–Trinajstić information content (AvgIpc) is 2.84. The van der Waals surface area contributed by atoms with Crippen LogP contribution in [0.1, 0.15) is 23.6 Å². The Labute approximate surface area is 124 Å². The summed E-state index contributed by atoms with van der Waals surface area (Å²) >= 11 is 6.37. The molecule has 2 atom stereocenters. The molecular weight excluding hydrogens is 276 g/mol. The standard InChI is InChI=1S/C15H21ClN2O2/c1-9-11(13-5-10(7-17)8-18(13)2)6-12(16)15-14(9)19-3-4-20-15/h6,10,13H,3-5,7-8,17H2,1-2H3. The maximum Gasteiger partial charge on any atom is 0.180 e. The number of fused-ring (bicyclic) bond motifs is 1. The van der Waals surface area contributed by atoms with Crippen LogP contribution in [0.5, 0.6) is 11.5 Å². The van der Waals surface area contributed by atoms with Crippen LogP contribution in [-0.2, 0) is 0 Å². The highest BCUT2D eigenvalue weighted by Gasteiger charge is 2.33. The Bertz CT molecular complexity index is 521. The summed E-state index contributed by atoms with van der Waals surface area (Å²) in [7, 11) is 2.14. The number of nitrogens with two attached hydrogens (primary N) is 1. The van der Waals surface area contributed by atoms with Crippen LogP contribution in [0, 0.1) is 12.8 Å². The van der Waals surface area contributed by atoms with Crippen molar-refractivity contribution in [2.75, 3.05) is 33.4 Å². The number of halogens is 1. The minimum Gasteiger partial charge on any atom is -0.486 e. The molecule has 0 spiro atoms. The maximum absolute atomic E-state index is 6.37. The third kappa shape index (κ3) is 2.26.